The summed E-state index contributed by atoms with van der Waals surface area (Å²) in [5.74, 6) is -2.58. The van der Waals surface area contributed by atoms with Gasteiger partial charge in [-0.1, -0.05) is 24.3 Å². The number of carbonyl (C=O) groups excluding carboxylic acids is 3. The number of carbonyl (C=O) groups is 3. The van der Waals surface area contributed by atoms with Gasteiger partial charge in [0.2, 0.25) is 10.0 Å². The van der Waals surface area contributed by atoms with Gasteiger partial charge in [-0.3, -0.25) is 14.4 Å². The lowest BCUT2D eigenvalue weighted by molar-refractivity contribution is -0.158. The number of halogens is 1. The fourth-order valence-electron chi connectivity index (χ4n) is 3.46. The van der Waals surface area contributed by atoms with Gasteiger partial charge in [-0.2, -0.15) is 4.31 Å². The number of piperidine rings is 1. The molecule has 1 amide bonds. The zero-order valence-electron chi connectivity index (χ0n) is 18.3. The van der Waals surface area contributed by atoms with E-state index in [-0.39, 0.29) is 42.3 Å². The van der Waals surface area contributed by atoms with Crippen LogP contribution < -0.4 is 5.32 Å². The Hall–Kier alpha value is -3.11. The third-order valence-corrected chi connectivity index (χ3v) is 7.39. The van der Waals surface area contributed by atoms with Crippen molar-refractivity contribution in [3.63, 3.8) is 0 Å². The lowest BCUT2D eigenvalue weighted by atomic mass is 9.98. The van der Waals surface area contributed by atoms with E-state index in [4.69, 9.17) is 4.74 Å². The third kappa shape index (κ3) is 5.82. The normalized spacial score (nSPS) is 16.1. The Morgan fingerprint density at radius 3 is 2.24 bits per heavy atom. The highest BCUT2D eigenvalue weighted by molar-refractivity contribution is 7.89. The number of hydrogen-bond donors (Lipinski definition) is 1. The molecule has 0 aliphatic carbocycles. The van der Waals surface area contributed by atoms with Crippen LogP contribution >= 0.6 is 0 Å². The van der Waals surface area contributed by atoms with Crippen molar-refractivity contribution in [3.05, 3.63) is 59.9 Å². The summed E-state index contributed by atoms with van der Waals surface area (Å²) in [6, 6.07) is 11.4. The van der Waals surface area contributed by atoms with Crippen LogP contribution in [0.2, 0.25) is 0 Å². The Bertz CT molecular complexity index is 1140. The first-order chi connectivity index (χ1) is 15.6. The number of sulfonamides is 1. The molecule has 1 N–H and O–H groups in total. The number of esters is 1. The first-order valence-electron chi connectivity index (χ1n) is 10.5. The summed E-state index contributed by atoms with van der Waals surface area (Å²) in [5.41, 5.74) is 0.406. The zero-order valence-corrected chi connectivity index (χ0v) is 19.1. The predicted octanol–water partition coefficient (Wildman–Crippen LogP) is 3.00. The van der Waals surface area contributed by atoms with Crippen molar-refractivity contribution in [2.45, 2.75) is 37.7 Å². The molecule has 1 aliphatic rings. The highest BCUT2D eigenvalue weighted by Gasteiger charge is 2.34. The molecule has 2 aromatic rings. The smallest absolute Gasteiger partial charge is 0.309 e. The van der Waals surface area contributed by atoms with Crippen LogP contribution in [0.25, 0.3) is 0 Å². The molecule has 1 fully saturated rings. The lowest BCUT2D eigenvalue weighted by Gasteiger charge is -2.30. The number of Topliss-reactive ketones (excluding diaryl/α,β-unsaturated/α-hetero) is 1. The number of para-hydroxylation sites is 1. The van der Waals surface area contributed by atoms with Gasteiger partial charge in [0.25, 0.3) is 5.91 Å². The number of rotatable bonds is 7. The maximum Gasteiger partial charge on any atom is 0.309 e. The Balaban J connectivity index is 1.54. The van der Waals surface area contributed by atoms with Crippen LogP contribution in [0.5, 0.6) is 0 Å². The Morgan fingerprint density at radius 1 is 1.06 bits per heavy atom. The van der Waals surface area contributed by atoms with Crippen molar-refractivity contribution in [1.29, 1.82) is 0 Å². The minimum atomic E-state index is -3.76. The summed E-state index contributed by atoms with van der Waals surface area (Å²) in [7, 11) is -3.76. The number of nitrogens with one attached hydrogen (secondary N) is 1. The topological polar surface area (TPSA) is 110 Å². The average molecular weight is 477 g/mol. The molecule has 1 heterocycles. The van der Waals surface area contributed by atoms with Gasteiger partial charge >= 0.3 is 5.97 Å². The Labute approximate surface area is 191 Å². The maximum absolute atomic E-state index is 13.7. The molecule has 1 atom stereocenters. The largest absolute Gasteiger partial charge is 0.452 e. The minimum absolute atomic E-state index is 0.0137. The second-order valence-corrected chi connectivity index (χ2v) is 9.75. The molecule has 176 valence electrons. The summed E-state index contributed by atoms with van der Waals surface area (Å²) >= 11 is 0. The average Bonchev–Trinajstić information content (AvgIpc) is 2.80. The molecule has 1 saturated heterocycles. The summed E-state index contributed by atoms with van der Waals surface area (Å²) in [6.07, 6.45) is -0.658. The molecule has 3 rings (SSSR count). The number of ketones is 1. The number of benzene rings is 2. The number of anilines is 1. The van der Waals surface area contributed by atoms with Gasteiger partial charge in [-0.25, -0.2) is 12.8 Å². The van der Waals surface area contributed by atoms with Crippen LogP contribution in [0.4, 0.5) is 10.1 Å². The standard InChI is InChI=1S/C23H25FN2O6S/c1-15(27)17-7-9-19(10-8-17)33(30,31)26-13-11-18(12-14-26)23(29)32-16(2)22(28)25-21-6-4-3-5-20(21)24/h3-10,16,18H,11-14H2,1-2H3,(H,25,28)/t16-/m1/s1. The minimum Gasteiger partial charge on any atom is -0.452 e. The van der Waals surface area contributed by atoms with Crippen molar-refractivity contribution in [2.75, 3.05) is 18.4 Å². The monoisotopic (exact) mass is 476 g/mol. The molecule has 8 nitrogen and oxygen atoms in total. The molecule has 0 bridgehead atoms. The van der Waals surface area contributed by atoms with Crippen molar-refractivity contribution in [2.24, 2.45) is 5.92 Å². The molecule has 1 aliphatic heterocycles. The molecule has 10 heteroatoms. The van der Waals surface area contributed by atoms with Gasteiger partial charge in [-0.05, 0) is 51.0 Å². The van der Waals surface area contributed by atoms with Gasteiger partial charge in [0.15, 0.2) is 11.9 Å². The zero-order chi connectivity index (χ0) is 24.2. The van der Waals surface area contributed by atoms with Gasteiger partial charge < -0.3 is 10.1 Å². The van der Waals surface area contributed by atoms with E-state index < -0.39 is 39.7 Å². The van der Waals surface area contributed by atoms with E-state index >= 15 is 0 Å². The SMILES string of the molecule is CC(=O)c1ccc(S(=O)(=O)N2CCC(C(=O)O[C@H](C)C(=O)Nc3ccccc3F)CC2)cc1. The van der Waals surface area contributed by atoms with Crippen LogP contribution in [0.1, 0.15) is 37.0 Å². The quantitative estimate of drug-likeness (QED) is 0.486. The second-order valence-electron chi connectivity index (χ2n) is 7.81. The van der Waals surface area contributed by atoms with Crippen molar-refractivity contribution in [1.82, 2.24) is 4.31 Å². The molecule has 2 aromatic carbocycles. The highest BCUT2D eigenvalue weighted by atomic mass is 32.2. The Kier molecular flexibility index (Phi) is 7.60. The molecule has 0 aromatic heterocycles. The van der Waals surface area contributed by atoms with E-state index in [1.807, 2.05) is 0 Å². The molecular formula is C23H25FN2O6S. The third-order valence-electron chi connectivity index (χ3n) is 5.48. The number of ether oxygens (including phenoxy) is 1. The van der Waals surface area contributed by atoms with E-state index in [0.29, 0.717) is 5.56 Å². The molecule has 0 unspecified atom stereocenters. The van der Waals surface area contributed by atoms with Crippen LogP contribution in [-0.4, -0.2) is 49.6 Å². The number of hydrogen-bond acceptors (Lipinski definition) is 6. The molecule has 33 heavy (non-hydrogen) atoms. The first kappa shape index (κ1) is 24.5. The van der Waals surface area contributed by atoms with E-state index in [9.17, 15) is 27.2 Å². The fourth-order valence-corrected chi connectivity index (χ4v) is 4.93. The maximum atomic E-state index is 13.7. The van der Waals surface area contributed by atoms with E-state index in [1.54, 1.807) is 6.07 Å². The summed E-state index contributed by atoms with van der Waals surface area (Å²) in [4.78, 5) is 36.2. The highest BCUT2D eigenvalue weighted by Crippen LogP contribution is 2.25. The van der Waals surface area contributed by atoms with Crippen molar-refractivity contribution in [3.8, 4) is 0 Å². The van der Waals surface area contributed by atoms with Crippen LogP contribution in [0.15, 0.2) is 53.4 Å². The summed E-state index contributed by atoms with van der Waals surface area (Å²) in [5, 5.41) is 2.37. The van der Waals surface area contributed by atoms with Crippen LogP contribution in [0.3, 0.4) is 0 Å². The molecule has 0 radical (unpaired) electrons. The molecular weight excluding hydrogens is 451 g/mol. The van der Waals surface area contributed by atoms with Gasteiger partial charge in [0.1, 0.15) is 5.82 Å². The summed E-state index contributed by atoms with van der Waals surface area (Å²) < 4.78 is 45.9. The van der Waals surface area contributed by atoms with Gasteiger partial charge in [0.05, 0.1) is 16.5 Å². The van der Waals surface area contributed by atoms with Crippen LogP contribution in [-0.2, 0) is 24.3 Å². The van der Waals surface area contributed by atoms with Gasteiger partial charge in [0, 0.05) is 18.7 Å². The van der Waals surface area contributed by atoms with E-state index in [1.165, 1.54) is 60.6 Å². The van der Waals surface area contributed by atoms with Crippen LogP contribution in [0, 0.1) is 11.7 Å². The van der Waals surface area contributed by atoms with Gasteiger partial charge in [-0.15, -0.1) is 0 Å². The fraction of sp³-hybridized carbons (Fsp3) is 0.348. The lowest BCUT2D eigenvalue weighted by Crippen LogP contribution is -2.41. The number of amides is 1. The molecule has 0 spiro atoms. The van der Waals surface area contributed by atoms with Crippen molar-refractivity contribution < 1.29 is 31.9 Å². The van der Waals surface area contributed by atoms with E-state index in [2.05, 4.69) is 5.32 Å². The second kappa shape index (κ2) is 10.2. The number of nitrogens with zero attached hydrogens (tertiary/aromatic N) is 1. The van der Waals surface area contributed by atoms with Crippen molar-refractivity contribution >= 4 is 33.4 Å². The molecule has 0 saturated carbocycles. The summed E-state index contributed by atoms with van der Waals surface area (Å²) in [6.45, 7) is 3.02. The van der Waals surface area contributed by atoms with E-state index in [0.717, 1.165) is 0 Å². The first-order valence-corrected chi connectivity index (χ1v) is 11.9. The predicted molar refractivity (Wildman–Crippen MR) is 119 cm³/mol. The Morgan fingerprint density at radius 2 is 1.67 bits per heavy atom.